The summed E-state index contributed by atoms with van der Waals surface area (Å²) in [4.78, 5) is 7.15. The van der Waals surface area contributed by atoms with Crippen LogP contribution in [-0.2, 0) is 0 Å². The molecule has 4 heteroatoms. The summed E-state index contributed by atoms with van der Waals surface area (Å²) < 4.78 is 26.2. The van der Waals surface area contributed by atoms with Crippen LogP contribution in [0, 0.1) is 18.7 Å². The van der Waals surface area contributed by atoms with E-state index in [-0.39, 0.29) is 5.56 Å². The van der Waals surface area contributed by atoms with E-state index in [1.165, 1.54) is 18.5 Å². The number of aryl methyl sites for hydroxylation is 1. The molecule has 2 heterocycles. The van der Waals surface area contributed by atoms with Crippen molar-refractivity contribution in [2.24, 2.45) is 0 Å². The van der Waals surface area contributed by atoms with Gasteiger partial charge < -0.3 is 0 Å². The molecule has 0 spiro atoms. The van der Waals surface area contributed by atoms with Crippen LogP contribution in [0.1, 0.15) is 5.56 Å². The highest BCUT2D eigenvalue weighted by molar-refractivity contribution is 5.63. The van der Waals surface area contributed by atoms with Crippen LogP contribution in [0.25, 0.3) is 11.1 Å². The van der Waals surface area contributed by atoms with Gasteiger partial charge in [0, 0.05) is 29.7 Å². The van der Waals surface area contributed by atoms with Gasteiger partial charge >= 0.3 is 0 Å². The Hall–Kier alpha value is -1.84. The van der Waals surface area contributed by atoms with Crippen molar-refractivity contribution in [2.75, 3.05) is 0 Å². The van der Waals surface area contributed by atoms with Gasteiger partial charge in [0.15, 0.2) is 5.82 Å². The Kier molecular flexibility index (Phi) is 2.41. The molecular weight excluding hydrogens is 198 g/mol. The highest BCUT2D eigenvalue weighted by Gasteiger charge is 2.10. The summed E-state index contributed by atoms with van der Waals surface area (Å²) in [7, 11) is 0. The predicted molar refractivity (Wildman–Crippen MR) is 52.1 cm³/mol. The summed E-state index contributed by atoms with van der Waals surface area (Å²) in [5.74, 6) is -2.03. The fraction of sp³-hybridized carbons (Fsp3) is 0.0909. The van der Waals surface area contributed by atoms with Crippen molar-refractivity contribution in [3.05, 3.63) is 48.1 Å². The molecule has 0 aromatic carbocycles. The Morgan fingerprint density at radius 2 is 2.00 bits per heavy atom. The summed E-state index contributed by atoms with van der Waals surface area (Å²) in [6.07, 6.45) is 4.37. The van der Waals surface area contributed by atoms with Gasteiger partial charge in [-0.1, -0.05) is 0 Å². The molecule has 2 aromatic heterocycles. The van der Waals surface area contributed by atoms with Crippen molar-refractivity contribution in [1.29, 1.82) is 0 Å². The van der Waals surface area contributed by atoms with Crippen LogP contribution in [0.15, 0.2) is 30.7 Å². The molecule has 0 aliphatic rings. The molecule has 0 amide bonds. The largest absolute Gasteiger partial charge is 0.264 e. The summed E-state index contributed by atoms with van der Waals surface area (Å²) >= 11 is 0. The molecule has 2 nitrogen and oxygen atoms in total. The molecule has 0 aliphatic carbocycles. The highest BCUT2D eigenvalue weighted by atomic mass is 19.2. The van der Waals surface area contributed by atoms with E-state index in [1.54, 1.807) is 12.3 Å². The van der Waals surface area contributed by atoms with Gasteiger partial charge in [0.05, 0.1) is 0 Å². The van der Waals surface area contributed by atoms with Crippen LogP contribution >= 0.6 is 0 Å². The fourth-order valence-corrected chi connectivity index (χ4v) is 1.34. The first kappa shape index (κ1) is 9.71. The van der Waals surface area contributed by atoms with E-state index in [0.29, 0.717) is 5.56 Å². The number of rotatable bonds is 1. The molecule has 76 valence electrons. The second-order valence-electron chi connectivity index (χ2n) is 3.21. The van der Waals surface area contributed by atoms with Crippen LogP contribution in [0.2, 0.25) is 0 Å². The second kappa shape index (κ2) is 3.73. The first-order chi connectivity index (χ1) is 7.18. The number of hydrogen-bond acceptors (Lipinski definition) is 2. The maximum absolute atomic E-state index is 13.4. The van der Waals surface area contributed by atoms with Crippen molar-refractivity contribution >= 4 is 0 Å². The van der Waals surface area contributed by atoms with Crippen LogP contribution in [0.4, 0.5) is 8.78 Å². The maximum atomic E-state index is 13.4. The summed E-state index contributed by atoms with van der Waals surface area (Å²) in [5, 5.41) is 0. The van der Waals surface area contributed by atoms with E-state index in [1.807, 2.05) is 6.92 Å². The average molecular weight is 206 g/mol. The molecule has 0 unspecified atom stereocenters. The molecule has 0 aliphatic heterocycles. The highest BCUT2D eigenvalue weighted by Crippen LogP contribution is 2.22. The maximum Gasteiger partial charge on any atom is 0.249 e. The Balaban J connectivity index is 2.59. The van der Waals surface area contributed by atoms with E-state index >= 15 is 0 Å². The fourth-order valence-electron chi connectivity index (χ4n) is 1.34. The molecule has 2 rings (SSSR count). The van der Waals surface area contributed by atoms with Crippen molar-refractivity contribution < 1.29 is 8.78 Å². The topological polar surface area (TPSA) is 25.8 Å². The molecular formula is C11H8F2N2. The van der Waals surface area contributed by atoms with Crippen LogP contribution in [0.3, 0.4) is 0 Å². The van der Waals surface area contributed by atoms with Crippen LogP contribution < -0.4 is 0 Å². The lowest BCUT2D eigenvalue weighted by atomic mass is 10.1. The van der Waals surface area contributed by atoms with Gasteiger partial charge in [-0.05, 0) is 24.6 Å². The van der Waals surface area contributed by atoms with Crippen molar-refractivity contribution in [2.45, 2.75) is 6.92 Å². The molecule has 2 aromatic rings. The monoisotopic (exact) mass is 206 g/mol. The van der Waals surface area contributed by atoms with Gasteiger partial charge in [0.2, 0.25) is 5.95 Å². The Morgan fingerprint density at radius 3 is 2.73 bits per heavy atom. The Bertz CT molecular complexity index is 498. The number of aromatic nitrogens is 2. The molecule has 0 N–H and O–H groups in total. The smallest absolute Gasteiger partial charge is 0.249 e. The normalized spacial score (nSPS) is 10.3. The van der Waals surface area contributed by atoms with Crippen molar-refractivity contribution in [3.63, 3.8) is 0 Å². The van der Waals surface area contributed by atoms with Crippen LogP contribution in [-0.4, -0.2) is 9.97 Å². The van der Waals surface area contributed by atoms with E-state index in [9.17, 15) is 8.78 Å². The quantitative estimate of drug-likeness (QED) is 0.670. The number of nitrogens with zero attached hydrogens (tertiary/aromatic N) is 2. The van der Waals surface area contributed by atoms with Crippen molar-refractivity contribution in [3.8, 4) is 11.1 Å². The summed E-state index contributed by atoms with van der Waals surface area (Å²) in [5.41, 5.74) is 1.62. The first-order valence-electron chi connectivity index (χ1n) is 4.40. The van der Waals surface area contributed by atoms with Gasteiger partial charge in [-0.2, -0.15) is 4.39 Å². The van der Waals surface area contributed by atoms with Gasteiger partial charge in [-0.3, -0.25) is 4.98 Å². The van der Waals surface area contributed by atoms with E-state index in [0.717, 1.165) is 5.56 Å². The lowest BCUT2D eigenvalue weighted by molar-refractivity contribution is 0.481. The molecule has 0 fully saturated rings. The zero-order valence-corrected chi connectivity index (χ0v) is 8.04. The first-order valence-corrected chi connectivity index (χ1v) is 4.40. The SMILES string of the molecule is Cc1cncc(-c2ccnc(F)c2F)c1. The van der Waals surface area contributed by atoms with Gasteiger partial charge in [0.25, 0.3) is 0 Å². The Morgan fingerprint density at radius 1 is 1.20 bits per heavy atom. The minimum atomic E-state index is -1.09. The summed E-state index contributed by atoms with van der Waals surface area (Å²) in [6, 6.07) is 3.17. The molecule has 15 heavy (non-hydrogen) atoms. The van der Waals surface area contributed by atoms with E-state index < -0.39 is 11.8 Å². The minimum absolute atomic E-state index is 0.179. The third-order valence-corrected chi connectivity index (χ3v) is 2.03. The lowest BCUT2D eigenvalue weighted by Gasteiger charge is -2.03. The molecule has 0 radical (unpaired) electrons. The zero-order chi connectivity index (χ0) is 10.8. The number of pyridine rings is 2. The van der Waals surface area contributed by atoms with E-state index in [2.05, 4.69) is 9.97 Å². The third kappa shape index (κ3) is 1.83. The number of hydrogen-bond donors (Lipinski definition) is 0. The van der Waals surface area contributed by atoms with Crippen molar-refractivity contribution in [1.82, 2.24) is 9.97 Å². The zero-order valence-electron chi connectivity index (χ0n) is 8.04. The molecule has 0 atom stereocenters. The standard InChI is InChI=1S/C11H8F2N2/c1-7-4-8(6-14-5-7)9-2-3-15-11(13)10(9)12/h2-6H,1H3. The van der Waals surface area contributed by atoms with Gasteiger partial charge in [-0.25, -0.2) is 9.37 Å². The van der Waals surface area contributed by atoms with Crippen LogP contribution in [0.5, 0.6) is 0 Å². The molecule has 0 saturated heterocycles. The summed E-state index contributed by atoms with van der Waals surface area (Å²) in [6.45, 7) is 1.84. The van der Waals surface area contributed by atoms with Gasteiger partial charge in [0.1, 0.15) is 0 Å². The third-order valence-electron chi connectivity index (χ3n) is 2.03. The lowest BCUT2D eigenvalue weighted by Crippen LogP contribution is -1.93. The Labute approximate surface area is 85.6 Å². The molecule has 0 bridgehead atoms. The molecule has 0 saturated carbocycles. The predicted octanol–water partition coefficient (Wildman–Crippen LogP) is 2.73. The van der Waals surface area contributed by atoms with E-state index in [4.69, 9.17) is 0 Å². The second-order valence-corrected chi connectivity index (χ2v) is 3.21. The minimum Gasteiger partial charge on any atom is -0.264 e. The number of halogens is 2. The average Bonchev–Trinajstić information content (AvgIpc) is 2.22. The van der Waals surface area contributed by atoms with Gasteiger partial charge in [-0.15, -0.1) is 0 Å².